The van der Waals surface area contributed by atoms with E-state index in [2.05, 4.69) is 4.90 Å². The van der Waals surface area contributed by atoms with Gasteiger partial charge in [0.05, 0.1) is 24.7 Å². The summed E-state index contributed by atoms with van der Waals surface area (Å²) in [5.41, 5.74) is -0.700. The van der Waals surface area contributed by atoms with Crippen molar-refractivity contribution in [2.45, 2.75) is 17.6 Å². The van der Waals surface area contributed by atoms with Gasteiger partial charge in [-0.25, -0.2) is 17.2 Å². The van der Waals surface area contributed by atoms with Crippen molar-refractivity contribution >= 4 is 21.4 Å². The fraction of sp³-hybridized carbons (Fsp3) is 0.308. The van der Waals surface area contributed by atoms with Crippen LogP contribution in [0, 0.1) is 11.6 Å². The van der Waals surface area contributed by atoms with Gasteiger partial charge < -0.3 is 14.4 Å². The third kappa shape index (κ3) is 6.53. The predicted octanol–water partition coefficient (Wildman–Crippen LogP) is 5.12. The zero-order valence-corrected chi connectivity index (χ0v) is 21.9. The lowest BCUT2D eigenvalue weighted by molar-refractivity contribution is -0.137. The number of hydrogen-bond acceptors (Lipinski definition) is 6. The summed E-state index contributed by atoms with van der Waals surface area (Å²) in [6.07, 6.45) is -4.65. The van der Waals surface area contributed by atoms with Crippen LogP contribution >= 0.6 is 0 Å². The molecule has 0 aromatic heterocycles. The van der Waals surface area contributed by atoms with E-state index in [1.165, 1.54) is 0 Å². The summed E-state index contributed by atoms with van der Waals surface area (Å²) in [5, 5.41) is 0. The molecule has 1 aliphatic heterocycles. The topological polar surface area (TPSA) is 71.1 Å². The summed E-state index contributed by atoms with van der Waals surface area (Å²) >= 11 is 0. The van der Waals surface area contributed by atoms with Crippen molar-refractivity contribution in [3.63, 3.8) is 0 Å². The lowest BCUT2D eigenvalue weighted by Gasteiger charge is -2.36. The Morgan fingerprint density at radius 1 is 0.846 bits per heavy atom. The van der Waals surface area contributed by atoms with Gasteiger partial charge in [0.15, 0.2) is 23.1 Å². The van der Waals surface area contributed by atoms with Gasteiger partial charge in [-0.15, -0.1) is 0 Å². The number of nitrogens with zero attached hydrogens (tertiary/aromatic N) is 2. The summed E-state index contributed by atoms with van der Waals surface area (Å²) in [5.74, 6) is -1.05. The molecule has 1 N–H and O–H groups in total. The van der Waals surface area contributed by atoms with Crippen LogP contribution in [0.25, 0.3) is 0 Å². The molecule has 39 heavy (non-hydrogen) atoms. The van der Waals surface area contributed by atoms with Crippen molar-refractivity contribution in [3.05, 3.63) is 77.4 Å². The Balaban J connectivity index is 1.41. The van der Waals surface area contributed by atoms with Crippen LogP contribution in [0.1, 0.15) is 11.1 Å². The maximum Gasteiger partial charge on any atom is 0.416 e. The Morgan fingerprint density at radius 2 is 1.44 bits per heavy atom. The number of benzene rings is 3. The Labute approximate surface area is 222 Å². The van der Waals surface area contributed by atoms with Gasteiger partial charge in [0, 0.05) is 38.4 Å². The Hall–Kier alpha value is -3.58. The minimum absolute atomic E-state index is 0.244. The SMILES string of the molecule is COc1ccc(CN2CCN(c3cc(F)c(NS(=O)(=O)c4ccc(C(F)(F)F)cc4)c(F)c3)CC2)cc1OC. The van der Waals surface area contributed by atoms with Gasteiger partial charge in [-0.1, -0.05) is 6.07 Å². The average molecular weight is 572 g/mol. The van der Waals surface area contributed by atoms with Crippen LogP contribution < -0.4 is 19.1 Å². The molecule has 1 aliphatic rings. The van der Waals surface area contributed by atoms with Crippen molar-refractivity contribution in [1.82, 2.24) is 4.90 Å². The number of alkyl halides is 3. The third-order valence-electron chi connectivity index (χ3n) is 6.35. The van der Waals surface area contributed by atoms with Gasteiger partial charge in [0.2, 0.25) is 0 Å². The highest BCUT2D eigenvalue weighted by atomic mass is 32.2. The van der Waals surface area contributed by atoms with E-state index in [9.17, 15) is 30.4 Å². The van der Waals surface area contributed by atoms with Gasteiger partial charge in [-0.2, -0.15) is 13.2 Å². The average Bonchev–Trinajstić information content (AvgIpc) is 2.90. The van der Waals surface area contributed by atoms with Gasteiger partial charge in [-0.05, 0) is 54.1 Å². The third-order valence-corrected chi connectivity index (χ3v) is 7.71. The maximum absolute atomic E-state index is 14.9. The molecule has 1 saturated heterocycles. The monoisotopic (exact) mass is 571 g/mol. The highest BCUT2D eigenvalue weighted by Gasteiger charge is 2.31. The van der Waals surface area contributed by atoms with E-state index in [0.29, 0.717) is 56.4 Å². The number of methoxy groups -OCH3 is 2. The molecule has 0 bridgehead atoms. The number of hydrogen-bond donors (Lipinski definition) is 1. The molecule has 0 spiro atoms. The van der Waals surface area contributed by atoms with Crippen molar-refractivity contribution in [2.75, 3.05) is 50.0 Å². The number of nitrogens with one attached hydrogen (secondary N) is 1. The molecule has 1 fully saturated rings. The smallest absolute Gasteiger partial charge is 0.416 e. The quantitative estimate of drug-likeness (QED) is 0.379. The van der Waals surface area contributed by atoms with Crippen molar-refractivity contribution < 1.29 is 39.8 Å². The van der Waals surface area contributed by atoms with Crippen LogP contribution in [-0.4, -0.2) is 53.7 Å². The molecule has 1 heterocycles. The predicted molar refractivity (Wildman–Crippen MR) is 136 cm³/mol. The number of rotatable bonds is 8. The van der Waals surface area contributed by atoms with Crippen molar-refractivity contribution in [3.8, 4) is 11.5 Å². The zero-order chi connectivity index (χ0) is 28.4. The van der Waals surface area contributed by atoms with Crippen molar-refractivity contribution in [1.29, 1.82) is 0 Å². The minimum atomic E-state index is -4.65. The number of sulfonamides is 1. The van der Waals surface area contributed by atoms with Gasteiger partial charge >= 0.3 is 6.18 Å². The first-order valence-corrected chi connectivity index (χ1v) is 13.3. The molecule has 3 aromatic carbocycles. The number of halogens is 5. The molecule has 7 nitrogen and oxygen atoms in total. The van der Waals surface area contributed by atoms with Crippen LogP contribution in [-0.2, 0) is 22.7 Å². The molecule has 0 saturated carbocycles. The van der Waals surface area contributed by atoms with Crippen LogP contribution in [0.3, 0.4) is 0 Å². The highest BCUT2D eigenvalue weighted by molar-refractivity contribution is 7.92. The van der Waals surface area contributed by atoms with Crippen LogP contribution in [0.15, 0.2) is 59.5 Å². The summed E-state index contributed by atoms with van der Waals surface area (Å²) in [7, 11) is -1.42. The second-order valence-corrected chi connectivity index (χ2v) is 10.5. The van der Waals surface area contributed by atoms with E-state index in [1.54, 1.807) is 23.8 Å². The minimum Gasteiger partial charge on any atom is -0.493 e. The van der Waals surface area contributed by atoms with Gasteiger partial charge in [0.25, 0.3) is 10.0 Å². The lowest BCUT2D eigenvalue weighted by atomic mass is 10.1. The number of ether oxygens (including phenoxy) is 2. The maximum atomic E-state index is 14.9. The van der Waals surface area contributed by atoms with E-state index in [1.807, 2.05) is 18.2 Å². The Morgan fingerprint density at radius 3 is 1.97 bits per heavy atom. The molecule has 0 aliphatic carbocycles. The second-order valence-electron chi connectivity index (χ2n) is 8.86. The van der Waals surface area contributed by atoms with Crippen molar-refractivity contribution in [2.24, 2.45) is 0 Å². The molecule has 210 valence electrons. The van der Waals surface area contributed by atoms with Crippen LogP contribution in [0.4, 0.5) is 33.3 Å². The summed E-state index contributed by atoms with van der Waals surface area (Å²) in [6.45, 7) is 2.81. The fourth-order valence-electron chi connectivity index (χ4n) is 4.26. The largest absolute Gasteiger partial charge is 0.493 e. The first-order valence-electron chi connectivity index (χ1n) is 11.8. The van der Waals surface area contributed by atoms with Crippen LogP contribution in [0.2, 0.25) is 0 Å². The standard InChI is InChI=1S/C26H26F5N3O4S/c1-37-23-8-3-17(13-24(23)38-2)16-33-9-11-34(12-10-33)19-14-21(27)25(22(28)15-19)32-39(35,36)20-6-4-18(5-7-20)26(29,30)31/h3-8,13-15,32H,9-12,16H2,1-2H3. The molecule has 0 radical (unpaired) electrons. The highest BCUT2D eigenvalue weighted by Crippen LogP contribution is 2.32. The van der Waals surface area contributed by atoms with E-state index >= 15 is 0 Å². The van der Waals surface area contributed by atoms with E-state index in [0.717, 1.165) is 29.8 Å². The molecule has 4 rings (SSSR count). The number of piperazine rings is 1. The first kappa shape index (κ1) is 28.4. The van der Waals surface area contributed by atoms with Gasteiger partial charge in [-0.3, -0.25) is 9.62 Å². The lowest BCUT2D eigenvalue weighted by Crippen LogP contribution is -2.46. The summed E-state index contributed by atoms with van der Waals surface area (Å²) in [4.78, 5) is 3.39. The van der Waals surface area contributed by atoms with E-state index in [4.69, 9.17) is 9.47 Å². The van der Waals surface area contributed by atoms with Crippen LogP contribution in [0.5, 0.6) is 11.5 Å². The van der Waals surface area contributed by atoms with E-state index < -0.39 is 44.0 Å². The summed E-state index contributed by atoms with van der Waals surface area (Å²) < 4.78 is 105. The number of anilines is 2. The molecular weight excluding hydrogens is 545 g/mol. The van der Waals surface area contributed by atoms with E-state index in [-0.39, 0.29) is 5.69 Å². The molecular formula is C26H26F5N3O4S. The molecule has 13 heteroatoms. The molecule has 0 atom stereocenters. The Bertz CT molecular complexity index is 1400. The zero-order valence-electron chi connectivity index (χ0n) is 21.1. The van der Waals surface area contributed by atoms with Gasteiger partial charge in [0.1, 0.15) is 5.69 Å². The fourth-order valence-corrected chi connectivity index (χ4v) is 5.33. The second kappa shape index (κ2) is 11.3. The molecule has 0 unspecified atom stereocenters. The molecule has 0 amide bonds. The Kier molecular flexibility index (Phi) is 8.21. The first-order chi connectivity index (χ1) is 18.4. The normalized spacial score (nSPS) is 14.8. The molecule has 3 aromatic rings. The summed E-state index contributed by atoms with van der Waals surface area (Å²) in [6, 6.07) is 10.3.